The van der Waals surface area contributed by atoms with Gasteiger partial charge in [-0.3, -0.25) is 0 Å². The third kappa shape index (κ3) is 8.67. The van der Waals surface area contributed by atoms with Gasteiger partial charge < -0.3 is 0 Å². The van der Waals surface area contributed by atoms with Crippen LogP contribution in [0.3, 0.4) is 0 Å². The van der Waals surface area contributed by atoms with Gasteiger partial charge in [0, 0.05) is 0 Å². The van der Waals surface area contributed by atoms with Crippen molar-refractivity contribution in [2.75, 3.05) is 7.11 Å². The molecule has 0 aromatic carbocycles. The Morgan fingerprint density at radius 3 is 2.10 bits per heavy atom. The molecule has 1 aliphatic rings. The molecule has 1 aliphatic carbocycles. The Morgan fingerprint density at radius 2 is 1.57 bits per heavy atom. The van der Waals surface area contributed by atoms with E-state index >= 15 is 0 Å². The molecule has 1 unspecified atom stereocenters. The number of unbranched alkanes of at least 4 members (excludes halogenated alkanes) is 4. The van der Waals surface area contributed by atoms with Gasteiger partial charge in [-0.25, -0.2) is 0 Å². The van der Waals surface area contributed by atoms with E-state index in [-0.39, 0.29) is 11.8 Å². The van der Waals surface area contributed by atoms with Crippen LogP contribution >= 0.6 is 0 Å². The monoisotopic (exact) mass is 528 g/mol. The van der Waals surface area contributed by atoms with Crippen LogP contribution < -0.4 is 0 Å². The van der Waals surface area contributed by atoms with E-state index in [2.05, 4.69) is 30.9 Å². The average Bonchev–Trinajstić information content (AvgIpc) is 2.95. The van der Waals surface area contributed by atoms with Gasteiger partial charge in [-0.1, -0.05) is 0 Å². The van der Waals surface area contributed by atoms with Crippen LogP contribution in [0.25, 0.3) is 0 Å². The van der Waals surface area contributed by atoms with Crippen LogP contribution in [-0.4, -0.2) is 37.2 Å². The standard InChI is InChI=1S/C14H21O3.3C4H9.Sn/c1-3-4-7-10-14(13(16)17-2)11-8-5-6-9-12(14)15;3*1-3-4-2;/h1,3H,4-11H2,2H3;3*1,3-4H2,2H3;. The molecule has 0 aromatic rings. The van der Waals surface area contributed by atoms with Crippen LogP contribution in [0.4, 0.5) is 0 Å². The Kier molecular flexibility index (Phi) is 14.3. The van der Waals surface area contributed by atoms with Gasteiger partial charge in [-0.15, -0.1) is 0 Å². The normalized spacial score (nSPS) is 20.5. The van der Waals surface area contributed by atoms with E-state index in [1.165, 1.54) is 58.9 Å². The van der Waals surface area contributed by atoms with E-state index in [0.717, 1.165) is 32.1 Å². The first-order chi connectivity index (χ1) is 14.5. The number of carbonyl (C=O) groups excluding carboxylic acids is 2. The van der Waals surface area contributed by atoms with Crippen LogP contribution in [0.1, 0.15) is 111 Å². The van der Waals surface area contributed by atoms with E-state index in [9.17, 15) is 9.59 Å². The van der Waals surface area contributed by atoms with Gasteiger partial charge >= 0.3 is 191 Å². The van der Waals surface area contributed by atoms with Gasteiger partial charge in [0.1, 0.15) is 0 Å². The molecule has 0 aromatic heterocycles. The number of esters is 1. The van der Waals surface area contributed by atoms with Crippen molar-refractivity contribution in [3.8, 4) is 0 Å². The van der Waals surface area contributed by atoms with Crippen LogP contribution in [0.15, 0.2) is 10.2 Å². The molecule has 0 saturated heterocycles. The molecule has 0 heterocycles. The summed E-state index contributed by atoms with van der Waals surface area (Å²) >= 11 is -2.22. The fourth-order valence-corrected chi connectivity index (χ4v) is 19.6. The van der Waals surface area contributed by atoms with Crippen LogP contribution in [-0.2, 0) is 14.3 Å². The molecule has 1 fully saturated rings. The summed E-state index contributed by atoms with van der Waals surface area (Å²) in [5.74, 6) is -0.168. The number of carbonyl (C=O) groups is 2. The van der Waals surface area contributed by atoms with Gasteiger partial charge in [0.15, 0.2) is 0 Å². The zero-order valence-corrected chi connectivity index (χ0v) is 23.3. The summed E-state index contributed by atoms with van der Waals surface area (Å²) in [6, 6.07) is 0. The van der Waals surface area contributed by atoms with E-state index in [4.69, 9.17) is 4.74 Å². The van der Waals surface area contributed by atoms with Crippen LogP contribution in [0.2, 0.25) is 13.3 Å². The Hall–Kier alpha value is -0.321. The first-order valence-electron chi connectivity index (χ1n) is 12.8. The van der Waals surface area contributed by atoms with Crippen molar-refractivity contribution < 1.29 is 14.3 Å². The van der Waals surface area contributed by atoms with Crippen molar-refractivity contribution in [3.63, 3.8) is 0 Å². The first kappa shape index (κ1) is 27.7. The van der Waals surface area contributed by atoms with Crippen molar-refractivity contribution in [2.24, 2.45) is 5.41 Å². The van der Waals surface area contributed by atoms with Crippen molar-refractivity contribution in [1.29, 1.82) is 0 Å². The second-order valence-electron chi connectivity index (χ2n) is 9.53. The summed E-state index contributed by atoms with van der Waals surface area (Å²) in [5.41, 5.74) is -0.869. The van der Waals surface area contributed by atoms with Crippen LogP contribution in [0.5, 0.6) is 0 Å². The number of ketones is 1. The maximum atomic E-state index is 12.8. The fraction of sp³-hybridized carbons (Fsp3) is 0.846. The van der Waals surface area contributed by atoms with Gasteiger partial charge in [0.05, 0.1) is 0 Å². The van der Waals surface area contributed by atoms with E-state index < -0.39 is 23.8 Å². The molecular formula is C26H48O3Sn. The molecule has 3 nitrogen and oxygen atoms in total. The number of hydrogen-bond acceptors (Lipinski definition) is 3. The van der Waals surface area contributed by atoms with Crippen molar-refractivity contribution in [1.82, 2.24) is 0 Å². The quantitative estimate of drug-likeness (QED) is 0.0718. The van der Waals surface area contributed by atoms with Gasteiger partial charge in [0.25, 0.3) is 0 Å². The molecule has 0 N–H and O–H groups in total. The predicted molar refractivity (Wildman–Crippen MR) is 130 cm³/mol. The zero-order chi connectivity index (χ0) is 22.3. The van der Waals surface area contributed by atoms with Gasteiger partial charge in [-0.2, -0.15) is 0 Å². The molecule has 0 aliphatic heterocycles. The minimum absolute atomic E-state index is 0.123. The van der Waals surface area contributed by atoms with Crippen molar-refractivity contribution >= 4 is 30.1 Å². The average molecular weight is 527 g/mol. The SMILES string of the molecule is CCC[CH2][Sn](/[CH]=C\CCCC1(C(=O)OC)CCCCCC1=O)([CH2]CCC)[CH2]CCC. The summed E-state index contributed by atoms with van der Waals surface area (Å²) in [7, 11) is 1.43. The van der Waals surface area contributed by atoms with E-state index in [1.54, 1.807) is 0 Å². The second-order valence-corrected chi connectivity index (χ2v) is 22.5. The molecule has 0 bridgehead atoms. The zero-order valence-electron chi connectivity index (χ0n) is 20.4. The summed E-state index contributed by atoms with van der Waals surface area (Å²) in [6.45, 7) is 6.95. The topological polar surface area (TPSA) is 43.4 Å². The molecular weight excluding hydrogens is 479 g/mol. The molecule has 0 amide bonds. The fourth-order valence-electron chi connectivity index (χ4n) is 5.11. The summed E-state index contributed by atoms with van der Waals surface area (Å²) < 4.78 is 12.3. The first-order valence-corrected chi connectivity index (χ1v) is 20.5. The molecule has 0 spiro atoms. The Morgan fingerprint density at radius 1 is 0.967 bits per heavy atom. The Balaban J connectivity index is 2.80. The van der Waals surface area contributed by atoms with Crippen LogP contribution in [0, 0.1) is 5.41 Å². The second kappa shape index (κ2) is 15.5. The summed E-state index contributed by atoms with van der Waals surface area (Å²) in [4.78, 5) is 25.4. The predicted octanol–water partition coefficient (Wildman–Crippen LogP) is 7.79. The molecule has 30 heavy (non-hydrogen) atoms. The third-order valence-corrected chi connectivity index (χ3v) is 21.4. The third-order valence-electron chi connectivity index (χ3n) is 7.15. The van der Waals surface area contributed by atoms with E-state index in [0.29, 0.717) is 19.3 Å². The minimum atomic E-state index is -2.22. The van der Waals surface area contributed by atoms with E-state index in [1.807, 2.05) is 0 Å². The number of ether oxygens (including phenoxy) is 1. The number of Topliss-reactive ketones (excluding diaryl/α,β-unsaturated/α-hetero) is 1. The maximum absolute atomic E-state index is 12.8. The number of allylic oxidation sites excluding steroid dienone is 1. The number of methoxy groups -OCH3 is 1. The van der Waals surface area contributed by atoms with Gasteiger partial charge in [-0.05, 0) is 0 Å². The summed E-state index contributed by atoms with van der Waals surface area (Å²) in [5, 5.41) is 0. The van der Waals surface area contributed by atoms with Crippen molar-refractivity contribution in [2.45, 2.75) is 124 Å². The van der Waals surface area contributed by atoms with Crippen molar-refractivity contribution in [3.05, 3.63) is 10.2 Å². The number of rotatable bonds is 15. The molecule has 174 valence electrons. The Bertz CT molecular complexity index is 507. The summed E-state index contributed by atoms with van der Waals surface area (Å²) in [6.07, 6.45) is 17.2. The molecule has 1 rings (SSSR count). The van der Waals surface area contributed by atoms with Gasteiger partial charge in [0.2, 0.25) is 0 Å². The number of hydrogen-bond donors (Lipinski definition) is 0. The molecule has 1 atom stereocenters. The molecule has 4 heteroatoms. The Labute approximate surface area is 190 Å². The molecule has 1 saturated carbocycles. The molecule has 0 radical (unpaired) electrons.